The van der Waals surface area contributed by atoms with Crippen molar-refractivity contribution in [1.82, 2.24) is 9.97 Å². The maximum absolute atomic E-state index is 5.51. The second-order valence-electron chi connectivity index (χ2n) is 2.96. The normalized spacial score (nSPS) is 10.1. The molecule has 2 N–H and O–H groups in total. The molecule has 0 amide bonds. The van der Waals surface area contributed by atoms with Crippen LogP contribution in [0.3, 0.4) is 0 Å². The van der Waals surface area contributed by atoms with E-state index >= 15 is 0 Å². The largest absolute Gasteiger partial charge is 0.325 e. The maximum Gasteiger partial charge on any atom is 0.116 e. The smallest absolute Gasteiger partial charge is 0.116 e. The van der Waals surface area contributed by atoms with Crippen molar-refractivity contribution in [2.75, 3.05) is 0 Å². The number of hydrogen-bond donors (Lipinski definition) is 1. The molecular weight excluding hydrogens is 174 g/mol. The van der Waals surface area contributed by atoms with Crippen molar-refractivity contribution in [1.29, 1.82) is 0 Å². The summed E-state index contributed by atoms with van der Waals surface area (Å²) in [5.41, 5.74) is 8.37. The lowest BCUT2D eigenvalue weighted by Crippen LogP contribution is -2.00. The molecule has 0 saturated heterocycles. The Labute approximate surface area is 82.6 Å². The molecule has 0 aliphatic carbocycles. The molecule has 3 nitrogen and oxygen atoms in total. The minimum atomic E-state index is 0.447. The molecule has 70 valence electrons. The van der Waals surface area contributed by atoms with Crippen molar-refractivity contribution < 1.29 is 0 Å². The monoisotopic (exact) mass is 185 g/mol. The van der Waals surface area contributed by atoms with Gasteiger partial charge in [-0.3, -0.25) is 0 Å². The highest BCUT2D eigenvalue weighted by Gasteiger charge is 1.99. The van der Waals surface area contributed by atoms with Crippen LogP contribution in [0.5, 0.6) is 0 Å². The van der Waals surface area contributed by atoms with Crippen LogP contribution >= 0.6 is 0 Å². The van der Waals surface area contributed by atoms with Crippen molar-refractivity contribution in [3.05, 3.63) is 48.4 Å². The lowest BCUT2D eigenvalue weighted by atomic mass is 10.1. The first-order valence-corrected chi connectivity index (χ1v) is 4.46. The third kappa shape index (κ3) is 1.78. The number of hydrogen-bond acceptors (Lipinski definition) is 3. The molecule has 1 heterocycles. The van der Waals surface area contributed by atoms with E-state index in [0.29, 0.717) is 6.54 Å². The molecule has 0 spiro atoms. The number of nitrogens with zero attached hydrogens (tertiary/aromatic N) is 2. The Morgan fingerprint density at radius 1 is 1.07 bits per heavy atom. The van der Waals surface area contributed by atoms with Crippen LogP contribution in [0.2, 0.25) is 0 Å². The molecule has 0 saturated carbocycles. The molecule has 14 heavy (non-hydrogen) atoms. The average Bonchev–Trinajstić information content (AvgIpc) is 2.30. The van der Waals surface area contributed by atoms with Gasteiger partial charge in [0.2, 0.25) is 0 Å². The minimum absolute atomic E-state index is 0.447. The van der Waals surface area contributed by atoms with Crippen molar-refractivity contribution in [3.63, 3.8) is 0 Å². The van der Waals surface area contributed by atoms with Gasteiger partial charge in [-0.2, -0.15) is 0 Å². The molecule has 1 aromatic heterocycles. The Kier molecular flexibility index (Phi) is 2.51. The molecule has 0 aliphatic heterocycles. The third-order valence-electron chi connectivity index (χ3n) is 2.00. The summed E-state index contributed by atoms with van der Waals surface area (Å²) < 4.78 is 0. The van der Waals surface area contributed by atoms with E-state index in [1.807, 2.05) is 36.4 Å². The maximum atomic E-state index is 5.51. The number of benzene rings is 1. The molecule has 0 aliphatic rings. The Morgan fingerprint density at radius 3 is 2.57 bits per heavy atom. The molecule has 0 bridgehead atoms. The minimum Gasteiger partial charge on any atom is -0.325 e. The molecule has 0 unspecified atom stereocenters. The fourth-order valence-electron chi connectivity index (χ4n) is 1.28. The molecule has 0 atom stereocenters. The predicted octanol–water partition coefficient (Wildman–Crippen LogP) is 1.60. The summed E-state index contributed by atoms with van der Waals surface area (Å²) in [7, 11) is 0. The first kappa shape index (κ1) is 8.84. The second-order valence-corrected chi connectivity index (χ2v) is 2.96. The molecule has 0 radical (unpaired) electrons. The van der Waals surface area contributed by atoms with Crippen molar-refractivity contribution in [2.45, 2.75) is 6.54 Å². The molecule has 2 rings (SSSR count). The van der Waals surface area contributed by atoms with Crippen molar-refractivity contribution in [2.24, 2.45) is 5.73 Å². The van der Waals surface area contributed by atoms with Gasteiger partial charge in [0.15, 0.2) is 0 Å². The topological polar surface area (TPSA) is 51.8 Å². The summed E-state index contributed by atoms with van der Waals surface area (Å²) in [6.07, 6.45) is 1.55. The molecule has 2 aromatic rings. The van der Waals surface area contributed by atoms with Gasteiger partial charge in [0.25, 0.3) is 0 Å². The van der Waals surface area contributed by atoms with E-state index in [-0.39, 0.29) is 0 Å². The van der Waals surface area contributed by atoms with Gasteiger partial charge in [0.05, 0.1) is 11.4 Å². The summed E-state index contributed by atoms with van der Waals surface area (Å²) >= 11 is 0. The van der Waals surface area contributed by atoms with Crippen LogP contribution in [0, 0.1) is 0 Å². The Bertz CT molecular complexity index is 412. The van der Waals surface area contributed by atoms with Crippen molar-refractivity contribution in [3.8, 4) is 11.3 Å². The van der Waals surface area contributed by atoms with Gasteiger partial charge >= 0.3 is 0 Å². The predicted molar refractivity (Wildman–Crippen MR) is 55.4 cm³/mol. The summed E-state index contributed by atoms with van der Waals surface area (Å²) in [6.45, 7) is 0.447. The number of aromatic nitrogens is 2. The molecule has 1 aromatic carbocycles. The van der Waals surface area contributed by atoms with E-state index in [1.165, 1.54) is 0 Å². The lowest BCUT2D eigenvalue weighted by molar-refractivity contribution is 0.966. The molecule has 0 fully saturated rings. The zero-order chi connectivity index (χ0) is 9.80. The quantitative estimate of drug-likeness (QED) is 0.773. The van der Waals surface area contributed by atoms with Crippen LogP contribution in [0.25, 0.3) is 11.3 Å². The van der Waals surface area contributed by atoms with Crippen LogP contribution < -0.4 is 5.73 Å². The van der Waals surface area contributed by atoms with E-state index in [9.17, 15) is 0 Å². The van der Waals surface area contributed by atoms with Crippen molar-refractivity contribution >= 4 is 0 Å². The first-order chi connectivity index (χ1) is 6.90. The van der Waals surface area contributed by atoms with E-state index in [4.69, 9.17) is 5.73 Å². The summed E-state index contributed by atoms with van der Waals surface area (Å²) in [6, 6.07) is 11.9. The molecule has 3 heteroatoms. The van der Waals surface area contributed by atoms with E-state index in [0.717, 1.165) is 17.0 Å². The first-order valence-electron chi connectivity index (χ1n) is 4.46. The third-order valence-corrected chi connectivity index (χ3v) is 2.00. The van der Waals surface area contributed by atoms with Crippen LogP contribution in [-0.4, -0.2) is 9.97 Å². The fraction of sp³-hybridized carbons (Fsp3) is 0.0909. The second kappa shape index (κ2) is 3.98. The summed E-state index contributed by atoms with van der Waals surface area (Å²) in [5.74, 6) is 0. The fourth-order valence-corrected chi connectivity index (χ4v) is 1.28. The average molecular weight is 185 g/mol. The van der Waals surface area contributed by atoms with Gasteiger partial charge in [-0.1, -0.05) is 30.3 Å². The van der Waals surface area contributed by atoms with Crippen LogP contribution in [0.1, 0.15) is 5.69 Å². The van der Waals surface area contributed by atoms with Gasteiger partial charge in [0.1, 0.15) is 6.33 Å². The lowest BCUT2D eigenvalue weighted by Gasteiger charge is -2.01. The highest BCUT2D eigenvalue weighted by molar-refractivity contribution is 5.58. The van der Waals surface area contributed by atoms with Gasteiger partial charge < -0.3 is 5.73 Å². The van der Waals surface area contributed by atoms with Crippen LogP contribution in [0.15, 0.2) is 42.7 Å². The van der Waals surface area contributed by atoms with E-state index in [2.05, 4.69) is 9.97 Å². The highest BCUT2D eigenvalue weighted by atomic mass is 14.8. The Morgan fingerprint density at radius 2 is 1.86 bits per heavy atom. The highest BCUT2D eigenvalue weighted by Crippen LogP contribution is 2.15. The van der Waals surface area contributed by atoms with E-state index < -0.39 is 0 Å². The van der Waals surface area contributed by atoms with Gasteiger partial charge in [0, 0.05) is 12.1 Å². The summed E-state index contributed by atoms with van der Waals surface area (Å²) in [4.78, 5) is 8.24. The number of nitrogens with two attached hydrogens (primary N) is 1. The van der Waals surface area contributed by atoms with Gasteiger partial charge in [-0.05, 0) is 6.07 Å². The van der Waals surface area contributed by atoms with Crippen LogP contribution in [0.4, 0.5) is 0 Å². The van der Waals surface area contributed by atoms with E-state index in [1.54, 1.807) is 6.33 Å². The zero-order valence-electron chi connectivity index (χ0n) is 7.72. The standard InChI is InChI=1S/C11H11N3/c12-7-10-6-11(14-8-13-10)9-4-2-1-3-5-9/h1-6,8H,7,12H2. The SMILES string of the molecule is NCc1cc(-c2ccccc2)ncn1. The Hall–Kier alpha value is -1.74. The summed E-state index contributed by atoms with van der Waals surface area (Å²) in [5, 5.41) is 0. The zero-order valence-corrected chi connectivity index (χ0v) is 7.72. The molecular formula is C11H11N3. The van der Waals surface area contributed by atoms with Gasteiger partial charge in [-0.15, -0.1) is 0 Å². The number of rotatable bonds is 2. The Balaban J connectivity index is 2.42. The van der Waals surface area contributed by atoms with Crippen LogP contribution in [-0.2, 0) is 6.54 Å². The van der Waals surface area contributed by atoms with Gasteiger partial charge in [-0.25, -0.2) is 9.97 Å².